The van der Waals surface area contributed by atoms with E-state index in [-0.39, 0.29) is 5.91 Å². The van der Waals surface area contributed by atoms with Crippen molar-refractivity contribution in [2.24, 2.45) is 0 Å². The number of hydrogen-bond donors (Lipinski definition) is 2. The van der Waals surface area contributed by atoms with E-state index in [1.165, 1.54) is 0 Å². The third kappa shape index (κ3) is 5.45. The first-order valence-corrected chi connectivity index (χ1v) is 5.64. The third-order valence-electron chi connectivity index (χ3n) is 2.12. The van der Waals surface area contributed by atoms with Crippen LogP contribution < -0.4 is 10.6 Å². The number of aryl methyl sites for hydroxylation is 1. The number of nitrogens with one attached hydrogen (secondary N) is 2. The number of amides is 1. The van der Waals surface area contributed by atoms with Gasteiger partial charge in [0.25, 0.3) is 0 Å². The molecule has 0 aromatic carbocycles. The summed E-state index contributed by atoms with van der Waals surface area (Å²) < 4.78 is 1.80. The molecule has 1 rings (SSSR count). The number of aromatic nitrogens is 3. The van der Waals surface area contributed by atoms with Crippen molar-refractivity contribution in [1.29, 1.82) is 0 Å². The van der Waals surface area contributed by atoms with Crippen molar-refractivity contribution < 1.29 is 4.79 Å². The number of carbonyl (C=O) groups is 1. The van der Waals surface area contributed by atoms with Gasteiger partial charge in [0.2, 0.25) is 5.91 Å². The molecule has 0 radical (unpaired) electrons. The summed E-state index contributed by atoms with van der Waals surface area (Å²) in [5, 5.41) is 13.6. The molecule has 1 aromatic heterocycles. The molecule has 0 fully saturated rings. The Morgan fingerprint density at radius 2 is 2.31 bits per heavy atom. The van der Waals surface area contributed by atoms with Gasteiger partial charge >= 0.3 is 0 Å². The topological polar surface area (TPSA) is 71.8 Å². The monoisotopic (exact) mass is 225 g/mol. The molecule has 0 saturated carbocycles. The van der Waals surface area contributed by atoms with E-state index in [1.54, 1.807) is 10.9 Å². The first-order chi connectivity index (χ1) is 7.83. The van der Waals surface area contributed by atoms with Crippen molar-refractivity contribution in [3.63, 3.8) is 0 Å². The van der Waals surface area contributed by atoms with E-state index in [0.717, 1.165) is 26.1 Å². The molecule has 0 unspecified atom stereocenters. The first-order valence-electron chi connectivity index (χ1n) is 5.64. The van der Waals surface area contributed by atoms with Gasteiger partial charge in [-0.3, -0.25) is 9.48 Å². The smallest absolute Gasteiger partial charge is 0.221 e. The normalized spacial score (nSPS) is 10.3. The van der Waals surface area contributed by atoms with Crippen LogP contribution in [0.25, 0.3) is 0 Å². The minimum absolute atomic E-state index is 0.103. The van der Waals surface area contributed by atoms with Crippen LogP contribution in [0.15, 0.2) is 12.4 Å². The largest absolute Gasteiger partial charge is 0.356 e. The van der Waals surface area contributed by atoms with Crippen LogP contribution in [0.2, 0.25) is 0 Å². The average Bonchev–Trinajstić information content (AvgIpc) is 2.76. The standard InChI is InChI=1S/C10H19N5O/c1-2-12-10(16)4-6-11-5-3-8-15-9-7-13-14-15/h7,9,11H,2-6,8H2,1H3,(H,12,16). The summed E-state index contributed by atoms with van der Waals surface area (Å²) in [5.41, 5.74) is 0. The molecule has 0 bridgehead atoms. The molecule has 6 nitrogen and oxygen atoms in total. The van der Waals surface area contributed by atoms with Crippen LogP contribution in [0.3, 0.4) is 0 Å². The van der Waals surface area contributed by atoms with Crippen LogP contribution in [0.1, 0.15) is 19.8 Å². The Balaban J connectivity index is 1.90. The zero-order valence-electron chi connectivity index (χ0n) is 9.65. The predicted octanol–water partition coefficient (Wildman–Crippen LogP) is -0.216. The van der Waals surface area contributed by atoms with Crippen molar-refractivity contribution in [3.8, 4) is 0 Å². The van der Waals surface area contributed by atoms with Crippen molar-refractivity contribution in [2.45, 2.75) is 26.3 Å². The second-order valence-corrected chi connectivity index (χ2v) is 3.47. The van der Waals surface area contributed by atoms with Gasteiger partial charge in [0, 0.05) is 32.3 Å². The Morgan fingerprint density at radius 1 is 1.44 bits per heavy atom. The molecule has 0 atom stereocenters. The molecule has 0 aliphatic carbocycles. The van der Waals surface area contributed by atoms with Crippen LogP contribution in [-0.2, 0) is 11.3 Å². The fourth-order valence-electron chi connectivity index (χ4n) is 1.33. The van der Waals surface area contributed by atoms with Gasteiger partial charge in [-0.05, 0) is 19.9 Å². The molecule has 0 aliphatic heterocycles. The predicted molar refractivity (Wildman–Crippen MR) is 60.8 cm³/mol. The Bertz CT molecular complexity index is 285. The summed E-state index contributed by atoms with van der Waals surface area (Å²) >= 11 is 0. The van der Waals surface area contributed by atoms with E-state index in [2.05, 4.69) is 20.9 Å². The van der Waals surface area contributed by atoms with Crippen molar-refractivity contribution >= 4 is 5.91 Å². The van der Waals surface area contributed by atoms with E-state index >= 15 is 0 Å². The molecule has 1 heterocycles. The molecular weight excluding hydrogens is 206 g/mol. The third-order valence-corrected chi connectivity index (χ3v) is 2.12. The maximum absolute atomic E-state index is 11.1. The summed E-state index contributed by atoms with van der Waals surface area (Å²) in [4.78, 5) is 11.1. The lowest BCUT2D eigenvalue weighted by molar-refractivity contribution is -0.120. The summed E-state index contributed by atoms with van der Waals surface area (Å²) in [6, 6.07) is 0. The van der Waals surface area contributed by atoms with E-state index in [9.17, 15) is 4.79 Å². The van der Waals surface area contributed by atoms with Gasteiger partial charge in [-0.25, -0.2) is 0 Å². The summed E-state index contributed by atoms with van der Waals surface area (Å²) in [7, 11) is 0. The van der Waals surface area contributed by atoms with Gasteiger partial charge in [-0.2, -0.15) is 0 Å². The number of carbonyl (C=O) groups excluding carboxylic acids is 1. The maximum Gasteiger partial charge on any atom is 0.221 e. The Morgan fingerprint density at radius 3 is 3.00 bits per heavy atom. The van der Waals surface area contributed by atoms with Gasteiger partial charge in [0.05, 0.1) is 6.20 Å². The Hall–Kier alpha value is -1.43. The van der Waals surface area contributed by atoms with Crippen molar-refractivity contribution in [1.82, 2.24) is 25.6 Å². The fourth-order valence-corrected chi connectivity index (χ4v) is 1.33. The Kier molecular flexibility index (Phi) is 6.17. The molecule has 0 saturated heterocycles. The molecule has 2 N–H and O–H groups in total. The van der Waals surface area contributed by atoms with Crippen LogP contribution in [0.5, 0.6) is 0 Å². The quantitative estimate of drug-likeness (QED) is 0.600. The maximum atomic E-state index is 11.1. The number of rotatable bonds is 8. The van der Waals surface area contributed by atoms with E-state index < -0.39 is 0 Å². The lowest BCUT2D eigenvalue weighted by atomic mass is 10.3. The molecule has 0 spiro atoms. The highest BCUT2D eigenvalue weighted by Crippen LogP contribution is 1.86. The number of nitrogens with zero attached hydrogens (tertiary/aromatic N) is 3. The fraction of sp³-hybridized carbons (Fsp3) is 0.700. The first kappa shape index (κ1) is 12.6. The summed E-state index contributed by atoms with van der Waals surface area (Å²) in [6.07, 6.45) is 5.03. The van der Waals surface area contributed by atoms with Crippen LogP contribution >= 0.6 is 0 Å². The minimum Gasteiger partial charge on any atom is -0.356 e. The highest BCUT2D eigenvalue weighted by Gasteiger charge is 1.97. The highest BCUT2D eigenvalue weighted by molar-refractivity contribution is 5.75. The summed E-state index contributed by atoms with van der Waals surface area (Å²) in [5.74, 6) is 0.103. The molecule has 16 heavy (non-hydrogen) atoms. The Labute approximate surface area is 95.4 Å². The van der Waals surface area contributed by atoms with Crippen molar-refractivity contribution in [2.75, 3.05) is 19.6 Å². The zero-order valence-corrected chi connectivity index (χ0v) is 9.65. The van der Waals surface area contributed by atoms with Crippen LogP contribution in [0.4, 0.5) is 0 Å². The molecule has 6 heteroatoms. The van der Waals surface area contributed by atoms with Gasteiger partial charge < -0.3 is 10.6 Å². The minimum atomic E-state index is 0.103. The van der Waals surface area contributed by atoms with E-state index in [4.69, 9.17) is 0 Å². The van der Waals surface area contributed by atoms with E-state index in [1.807, 2.05) is 13.1 Å². The lowest BCUT2D eigenvalue weighted by Crippen LogP contribution is -2.28. The van der Waals surface area contributed by atoms with Gasteiger partial charge in [-0.1, -0.05) is 5.21 Å². The van der Waals surface area contributed by atoms with Gasteiger partial charge in [-0.15, -0.1) is 5.10 Å². The van der Waals surface area contributed by atoms with E-state index in [0.29, 0.717) is 13.0 Å². The van der Waals surface area contributed by atoms with Crippen molar-refractivity contribution in [3.05, 3.63) is 12.4 Å². The summed E-state index contributed by atoms with van der Waals surface area (Å²) in [6.45, 7) is 5.09. The molecule has 90 valence electrons. The molecular formula is C10H19N5O. The van der Waals surface area contributed by atoms with Gasteiger partial charge in [0.1, 0.15) is 0 Å². The second kappa shape index (κ2) is 7.81. The highest BCUT2D eigenvalue weighted by atomic mass is 16.1. The average molecular weight is 225 g/mol. The zero-order chi connectivity index (χ0) is 11.6. The number of hydrogen-bond acceptors (Lipinski definition) is 4. The SMILES string of the molecule is CCNC(=O)CCNCCCn1ccnn1. The molecule has 0 aliphatic rings. The molecule has 1 amide bonds. The van der Waals surface area contributed by atoms with Gasteiger partial charge in [0.15, 0.2) is 0 Å². The lowest BCUT2D eigenvalue weighted by Gasteiger charge is -2.04. The van der Waals surface area contributed by atoms with Crippen LogP contribution in [0, 0.1) is 0 Å². The van der Waals surface area contributed by atoms with Crippen LogP contribution in [-0.4, -0.2) is 40.5 Å². The molecule has 1 aromatic rings. The second-order valence-electron chi connectivity index (χ2n) is 3.47.